The van der Waals surface area contributed by atoms with Gasteiger partial charge in [0.2, 0.25) is 0 Å². The van der Waals surface area contributed by atoms with E-state index in [2.05, 4.69) is 10.2 Å². The first-order valence-corrected chi connectivity index (χ1v) is 6.46. The van der Waals surface area contributed by atoms with Crippen molar-refractivity contribution in [2.75, 3.05) is 5.75 Å². The second-order valence-electron chi connectivity index (χ2n) is 2.94. The van der Waals surface area contributed by atoms with Gasteiger partial charge < -0.3 is 10.8 Å². The van der Waals surface area contributed by atoms with Crippen LogP contribution in [0.2, 0.25) is 10.0 Å². The molecule has 0 radical (unpaired) electrons. The Morgan fingerprint density at radius 2 is 2.24 bits per heavy atom. The smallest absolute Gasteiger partial charge is 0.180 e. The fraction of sp³-hybridized carbons (Fsp3) is 0.200. The van der Waals surface area contributed by atoms with Crippen molar-refractivity contribution in [2.45, 2.75) is 6.92 Å². The van der Waals surface area contributed by atoms with Gasteiger partial charge >= 0.3 is 0 Å². The van der Waals surface area contributed by atoms with Crippen molar-refractivity contribution < 1.29 is 5.11 Å². The van der Waals surface area contributed by atoms with Crippen LogP contribution in [0, 0.1) is 0 Å². The Balaban J connectivity index is 2.88. The lowest BCUT2D eigenvalue weighted by Crippen LogP contribution is -2.05. The second-order valence-corrected chi connectivity index (χ2v) is 5.07. The van der Waals surface area contributed by atoms with E-state index >= 15 is 0 Å². The van der Waals surface area contributed by atoms with Gasteiger partial charge in [-0.3, -0.25) is 0 Å². The quantitative estimate of drug-likeness (QED) is 0.511. The molecule has 0 aromatic heterocycles. The van der Waals surface area contributed by atoms with Gasteiger partial charge in [0.05, 0.1) is 11.2 Å². The molecule has 7 heteroatoms. The Labute approximate surface area is 114 Å². The monoisotopic (exact) mass is 291 g/mol. The van der Waals surface area contributed by atoms with E-state index in [9.17, 15) is 5.11 Å². The van der Waals surface area contributed by atoms with Gasteiger partial charge in [0.25, 0.3) is 0 Å². The number of rotatable bonds is 3. The molecule has 0 unspecified atom stereocenters. The second kappa shape index (κ2) is 6.74. The largest absolute Gasteiger partial charge is 0.506 e. The van der Waals surface area contributed by atoms with Crippen LogP contribution < -0.4 is 5.73 Å². The van der Waals surface area contributed by atoms with E-state index in [1.54, 1.807) is 0 Å². The van der Waals surface area contributed by atoms with Gasteiger partial charge in [-0.15, -0.1) is 5.10 Å². The Morgan fingerprint density at radius 3 is 2.88 bits per heavy atom. The molecule has 92 valence electrons. The third kappa shape index (κ3) is 4.46. The standard InChI is InChI=1S/C10H11Cl2N3OS/c1-2-17-10(13)15-14-5-6-3-7(11)4-8(12)9(6)16/h3-5,16H,2H2,1H3,(H2,13,15)/b14-5+. The number of aromatic hydroxyl groups is 1. The van der Waals surface area contributed by atoms with Crippen molar-refractivity contribution >= 4 is 46.3 Å². The molecule has 0 atom stereocenters. The van der Waals surface area contributed by atoms with E-state index < -0.39 is 0 Å². The molecular weight excluding hydrogens is 281 g/mol. The summed E-state index contributed by atoms with van der Waals surface area (Å²) < 4.78 is 0. The summed E-state index contributed by atoms with van der Waals surface area (Å²) >= 11 is 12.9. The molecule has 0 amide bonds. The summed E-state index contributed by atoms with van der Waals surface area (Å²) in [6.07, 6.45) is 1.34. The highest BCUT2D eigenvalue weighted by atomic mass is 35.5. The molecule has 3 N–H and O–H groups in total. The van der Waals surface area contributed by atoms with E-state index in [0.29, 0.717) is 15.8 Å². The Kier molecular flexibility index (Phi) is 5.61. The summed E-state index contributed by atoms with van der Waals surface area (Å²) in [7, 11) is 0. The highest BCUT2D eigenvalue weighted by molar-refractivity contribution is 8.13. The molecule has 0 saturated carbocycles. The van der Waals surface area contributed by atoms with E-state index in [-0.39, 0.29) is 10.8 Å². The first kappa shape index (κ1) is 14.2. The molecule has 0 saturated heterocycles. The molecule has 0 aliphatic carbocycles. The lowest BCUT2D eigenvalue weighted by atomic mass is 10.2. The number of hydrogen-bond acceptors (Lipinski definition) is 4. The third-order valence-electron chi connectivity index (χ3n) is 1.70. The van der Waals surface area contributed by atoms with Gasteiger partial charge in [-0.2, -0.15) is 5.10 Å². The molecular formula is C10H11Cl2N3OS. The summed E-state index contributed by atoms with van der Waals surface area (Å²) in [5.41, 5.74) is 5.92. The summed E-state index contributed by atoms with van der Waals surface area (Å²) in [6, 6.07) is 2.98. The first-order valence-electron chi connectivity index (χ1n) is 4.72. The Morgan fingerprint density at radius 1 is 1.53 bits per heavy atom. The van der Waals surface area contributed by atoms with Gasteiger partial charge in [-0.1, -0.05) is 41.9 Å². The molecule has 0 bridgehead atoms. The maximum absolute atomic E-state index is 9.62. The SMILES string of the molecule is CCS/C(N)=N\N=C\c1cc(Cl)cc(Cl)c1O. The van der Waals surface area contributed by atoms with Gasteiger partial charge in [0.15, 0.2) is 5.17 Å². The minimum atomic E-state index is -0.0864. The highest BCUT2D eigenvalue weighted by Gasteiger charge is 2.05. The van der Waals surface area contributed by atoms with Crippen LogP contribution in [0.4, 0.5) is 0 Å². The summed E-state index contributed by atoms with van der Waals surface area (Å²) in [6.45, 7) is 1.96. The van der Waals surface area contributed by atoms with Crippen molar-refractivity contribution in [3.05, 3.63) is 27.7 Å². The number of benzene rings is 1. The number of nitrogens with zero attached hydrogens (tertiary/aromatic N) is 2. The summed E-state index contributed by atoms with van der Waals surface area (Å²) in [5, 5.41) is 18.0. The molecule has 1 rings (SSSR count). The van der Waals surface area contributed by atoms with Gasteiger partial charge in [-0.25, -0.2) is 0 Å². The lowest BCUT2D eigenvalue weighted by Gasteiger charge is -2.01. The molecule has 0 aliphatic heterocycles. The lowest BCUT2D eigenvalue weighted by molar-refractivity contribution is 0.474. The van der Waals surface area contributed by atoms with Crippen LogP contribution in [0.3, 0.4) is 0 Å². The number of phenols is 1. The molecule has 0 spiro atoms. The van der Waals surface area contributed by atoms with E-state index in [4.69, 9.17) is 28.9 Å². The molecule has 0 fully saturated rings. The Hall–Kier alpha value is -0.910. The highest BCUT2D eigenvalue weighted by Crippen LogP contribution is 2.29. The van der Waals surface area contributed by atoms with Crippen LogP contribution in [-0.2, 0) is 0 Å². The van der Waals surface area contributed by atoms with Gasteiger partial charge in [-0.05, 0) is 17.9 Å². The minimum Gasteiger partial charge on any atom is -0.506 e. The van der Waals surface area contributed by atoms with Crippen molar-refractivity contribution in [1.29, 1.82) is 0 Å². The van der Waals surface area contributed by atoms with Crippen molar-refractivity contribution in [3.8, 4) is 5.75 Å². The van der Waals surface area contributed by atoms with Gasteiger partial charge in [0, 0.05) is 10.6 Å². The average Bonchev–Trinajstić information content (AvgIpc) is 2.25. The molecule has 4 nitrogen and oxygen atoms in total. The average molecular weight is 292 g/mol. The normalized spacial score (nSPS) is 12.3. The molecule has 17 heavy (non-hydrogen) atoms. The van der Waals surface area contributed by atoms with Crippen LogP contribution in [0.5, 0.6) is 5.75 Å². The number of nitrogens with two attached hydrogens (primary N) is 1. The zero-order chi connectivity index (χ0) is 12.8. The fourth-order valence-corrected chi connectivity index (χ4v) is 1.92. The molecule has 1 aromatic rings. The van der Waals surface area contributed by atoms with Crippen molar-refractivity contribution in [2.24, 2.45) is 15.9 Å². The Bertz CT molecular complexity index is 463. The van der Waals surface area contributed by atoms with Crippen LogP contribution in [-0.4, -0.2) is 22.2 Å². The number of amidine groups is 1. The number of thioether (sulfide) groups is 1. The van der Waals surface area contributed by atoms with Crippen molar-refractivity contribution in [3.63, 3.8) is 0 Å². The van der Waals surface area contributed by atoms with Crippen LogP contribution >= 0.6 is 35.0 Å². The third-order valence-corrected chi connectivity index (χ3v) is 2.88. The van der Waals surface area contributed by atoms with E-state index in [1.165, 1.54) is 30.1 Å². The van der Waals surface area contributed by atoms with E-state index in [0.717, 1.165) is 5.75 Å². The van der Waals surface area contributed by atoms with Crippen LogP contribution in [0.15, 0.2) is 22.3 Å². The zero-order valence-corrected chi connectivity index (χ0v) is 11.4. The maximum Gasteiger partial charge on any atom is 0.180 e. The number of phenolic OH excluding ortho intramolecular Hbond substituents is 1. The topological polar surface area (TPSA) is 71.0 Å². The van der Waals surface area contributed by atoms with Crippen LogP contribution in [0.1, 0.15) is 12.5 Å². The van der Waals surface area contributed by atoms with Gasteiger partial charge in [0.1, 0.15) is 5.75 Å². The summed E-state index contributed by atoms with van der Waals surface area (Å²) in [5.74, 6) is 0.732. The fourth-order valence-electron chi connectivity index (χ4n) is 1.01. The zero-order valence-electron chi connectivity index (χ0n) is 9.02. The molecule has 0 heterocycles. The van der Waals surface area contributed by atoms with E-state index in [1.807, 2.05) is 6.92 Å². The predicted molar refractivity (Wildman–Crippen MR) is 75.5 cm³/mol. The summed E-state index contributed by atoms with van der Waals surface area (Å²) in [4.78, 5) is 0. The van der Waals surface area contributed by atoms with Crippen LogP contribution in [0.25, 0.3) is 0 Å². The number of halogens is 2. The predicted octanol–water partition coefficient (Wildman–Crippen LogP) is 3.10. The number of hydrogen-bond donors (Lipinski definition) is 2. The molecule has 0 aliphatic rings. The van der Waals surface area contributed by atoms with Crippen molar-refractivity contribution in [1.82, 2.24) is 0 Å². The minimum absolute atomic E-state index is 0.0864. The molecule has 1 aromatic carbocycles. The maximum atomic E-state index is 9.62. The first-order chi connectivity index (χ1) is 8.04.